The van der Waals surface area contributed by atoms with Crippen LogP contribution in [-0.4, -0.2) is 15.5 Å². The van der Waals surface area contributed by atoms with Crippen LogP contribution in [0.25, 0.3) is 21.3 Å². The van der Waals surface area contributed by atoms with Gasteiger partial charge in [0, 0.05) is 20.6 Å². The molecule has 0 fully saturated rings. The van der Waals surface area contributed by atoms with Crippen molar-refractivity contribution in [1.29, 1.82) is 0 Å². The SMILES string of the molecule is CCc1sc2ncn(CC(=O)Nc3ccc(C)c(C)c3)c(=O)c2c1-c1ccc(Br)cc1. The number of thiophene rings is 1. The van der Waals surface area contributed by atoms with Crippen LogP contribution in [0.4, 0.5) is 5.69 Å². The molecule has 2 aromatic carbocycles. The molecule has 1 N–H and O–H groups in total. The number of aromatic nitrogens is 2. The highest BCUT2D eigenvalue weighted by atomic mass is 79.9. The zero-order chi connectivity index (χ0) is 22.1. The van der Waals surface area contributed by atoms with Crippen LogP contribution in [-0.2, 0) is 17.8 Å². The second-order valence-corrected chi connectivity index (χ2v) is 9.46. The van der Waals surface area contributed by atoms with Crippen LogP contribution in [0.3, 0.4) is 0 Å². The lowest BCUT2D eigenvalue weighted by atomic mass is 10.0. The summed E-state index contributed by atoms with van der Waals surface area (Å²) in [5, 5.41) is 3.45. The first-order valence-corrected chi connectivity index (χ1v) is 11.6. The van der Waals surface area contributed by atoms with Crippen LogP contribution < -0.4 is 10.9 Å². The third-order valence-corrected chi connectivity index (χ3v) is 7.08. The summed E-state index contributed by atoms with van der Waals surface area (Å²) in [6.07, 6.45) is 2.27. The van der Waals surface area contributed by atoms with Gasteiger partial charge in [0.1, 0.15) is 11.4 Å². The average molecular weight is 496 g/mol. The van der Waals surface area contributed by atoms with Crippen LogP contribution in [0.15, 0.2) is 58.1 Å². The van der Waals surface area contributed by atoms with E-state index in [4.69, 9.17) is 0 Å². The molecule has 0 spiro atoms. The molecule has 0 bridgehead atoms. The number of halogens is 1. The lowest BCUT2D eigenvalue weighted by Gasteiger charge is -2.09. The van der Waals surface area contributed by atoms with Crippen LogP contribution in [0.1, 0.15) is 22.9 Å². The van der Waals surface area contributed by atoms with Crippen molar-refractivity contribution < 1.29 is 4.79 Å². The van der Waals surface area contributed by atoms with Gasteiger partial charge in [0.05, 0.1) is 11.7 Å². The van der Waals surface area contributed by atoms with Gasteiger partial charge in [-0.25, -0.2) is 4.98 Å². The molecule has 158 valence electrons. The minimum absolute atomic E-state index is 0.0915. The molecule has 0 saturated carbocycles. The molecule has 0 aliphatic heterocycles. The number of benzene rings is 2. The summed E-state index contributed by atoms with van der Waals surface area (Å²) in [7, 11) is 0. The maximum Gasteiger partial charge on any atom is 0.263 e. The Hall–Kier alpha value is -2.77. The minimum atomic E-state index is -0.261. The molecule has 0 radical (unpaired) electrons. The fourth-order valence-corrected chi connectivity index (χ4v) is 4.89. The van der Waals surface area contributed by atoms with Gasteiger partial charge >= 0.3 is 0 Å². The van der Waals surface area contributed by atoms with Crippen molar-refractivity contribution in [2.24, 2.45) is 0 Å². The van der Waals surface area contributed by atoms with E-state index in [0.717, 1.165) is 43.7 Å². The standard InChI is InChI=1S/C24H22BrN3O2S/c1-4-19-21(16-6-8-17(25)9-7-16)22-23(31-19)26-13-28(24(22)30)12-20(29)27-18-10-5-14(2)15(3)11-18/h5-11,13H,4,12H2,1-3H3,(H,27,29). The van der Waals surface area contributed by atoms with Gasteiger partial charge in [-0.15, -0.1) is 11.3 Å². The van der Waals surface area contributed by atoms with Gasteiger partial charge < -0.3 is 5.32 Å². The van der Waals surface area contributed by atoms with Crippen molar-refractivity contribution in [2.75, 3.05) is 5.32 Å². The van der Waals surface area contributed by atoms with Crippen LogP contribution in [0, 0.1) is 13.8 Å². The number of nitrogens with one attached hydrogen (secondary N) is 1. The van der Waals surface area contributed by atoms with E-state index < -0.39 is 0 Å². The molecule has 0 atom stereocenters. The van der Waals surface area contributed by atoms with Gasteiger partial charge in [0.2, 0.25) is 5.91 Å². The Bertz CT molecular complexity index is 1340. The number of nitrogens with zero attached hydrogens (tertiary/aromatic N) is 2. The summed E-state index contributed by atoms with van der Waals surface area (Å²) in [6, 6.07) is 13.7. The number of fused-ring (bicyclic) bond motifs is 1. The summed E-state index contributed by atoms with van der Waals surface area (Å²) in [6.45, 7) is 6.00. The number of rotatable bonds is 5. The van der Waals surface area contributed by atoms with Crippen molar-refractivity contribution in [3.8, 4) is 11.1 Å². The minimum Gasteiger partial charge on any atom is -0.325 e. The fraction of sp³-hybridized carbons (Fsp3) is 0.208. The van der Waals surface area contributed by atoms with Gasteiger partial charge in [0.15, 0.2) is 0 Å². The van der Waals surface area contributed by atoms with Crippen molar-refractivity contribution >= 4 is 49.1 Å². The third-order valence-electron chi connectivity index (χ3n) is 5.31. The van der Waals surface area contributed by atoms with Crippen molar-refractivity contribution in [1.82, 2.24) is 9.55 Å². The molecule has 7 heteroatoms. The largest absolute Gasteiger partial charge is 0.325 e. The van der Waals surface area contributed by atoms with E-state index in [1.165, 1.54) is 22.2 Å². The van der Waals surface area contributed by atoms with Crippen LogP contribution >= 0.6 is 27.3 Å². The van der Waals surface area contributed by atoms with Gasteiger partial charge in [-0.3, -0.25) is 14.2 Å². The van der Waals surface area contributed by atoms with Gasteiger partial charge in [-0.2, -0.15) is 0 Å². The zero-order valence-electron chi connectivity index (χ0n) is 17.5. The van der Waals surface area contributed by atoms with Crippen LogP contribution in [0.2, 0.25) is 0 Å². The normalized spacial score (nSPS) is 11.1. The van der Waals surface area contributed by atoms with Gasteiger partial charge in [-0.05, 0) is 61.2 Å². The van der Waals surface area contributed by atoms with E-state index in [1.807, 2.05) is 56.3 Å². The molecule has 31 heavy (non-hydrogen) atoms. The summed E-state index contributed by atoms with van der Waals surface area (Å²) >= 11 is 5.00. The smallest absolute Gasteiger partial charge is 0.263 e. The lowest BCUT2D eigenvalue weighted by Crippen LogP contribution is -2.27. The number of hydrogen-bond donors (Lipinski definition) is 1. The Morgan fingerprint density at radius 2 is 1.87 bits per heavy atom. The van der Waals surface area contributed by atoms with Gasteiger partial charge in [0.25, 0.3) is 5.56 Å². The van der Waals surface area contributed by atoms with Gasteiger partial charge in [-0.1, -0.05) is 41.1 Å². The molecule has 0 unspecified atom stereocenters. The molecule has 1 amide bonds. The van der Waals surface area contributed by atoms with E-state index in [1.54, 1.807) is 0 Å². The monoisotopic (exact) mass is 495 g/mol. The van der Waals surface area contributed by atoms with Crippen molar-refractivity contribution in [2.45, 2.75) is 33.7 Å². The Balaban J connectivity index is 1.71. The summed E-state index contributed by atoms with van der Waals surface area (Å²) < 4.78 is 2.36. The molecule has 0 saturated heterocycles. The summed E-state index contributed by atoms with van der Waals surface area (Å²) in [4.78, 5) is 32.3. The summed E-state index contributed by atoms with van der Waals surface area (Å²) in [5.41, 5.74) is 4.67. The molecule has 5 nitrogen and oxygen atoms in total. The maximum atomic E-state index is 13.3. The Labute approximate surface area is 192 Å². The molecular weight excluding hydrogens is 474 g/mol. The highest BCUT2D eigenvalue weighted by Gasteiger charge is 2.19. The van der Waals surface area contributed by atoms with E-state index in [0.29, 0.717) is 10.2 Å². The van der Waals surface area contributed by atoms with E-state index in [2.05, 4.69) is 33.2 Å². The zero-order valence-corrected chi connectivity index (χ0v) is 19.9. The predicted octanol–water partition coefficient (Wildman–Crippen LogP) is 5.71. The molecule has 0 aliphatic rings. The Kier molecular flexibility index (Phi) is 6.07. The van der Waals surface area contributed by atoms with Crippen LogP contribution in [0.5, 0.6) is 0 Å². The fourth-order valence-electron chi connectivity index (χ4n) is 3.53. The topological polar surface area (TPSA) is 64.0 Å². The summed E-state index contributed by atoms with van der Waals surface area (Å²) in [5.74, 6) is -0.261. The molecule has 2 heterocycles. The highest BCUT2D eigenvalue weighted by Crippen LogP contribution is 2.36. The molecule has 2 aromatic heterocycles. The number of carbonyl (C=O) groups excluding carboxylic acids is 1. The van der Waals surface area contributed by atoms with Crippen molar-refractivity contribution in [3.05, 3.63) is 79.6 Å². The second kappa shape index (κ2) is 8.77. The van der Waals surface area contributed by atoms with Crippen molar-refractivity contribution in [3.63, 3.8) is 0 Å². The third kappa shape index (κ3) is 4.34. The molecule has 4 aromatic rings. The first-order chi connectivity index (χ1) is 14.9. The Morgan fingerprint density at radius 3 is 2.55 bits per heavy atom. The number of amides is 1. The molecule has 0 aliphatic carbocycles. The molecular formula is C24H22BrN3O2S. The van der Waals surface area contributed by atoms with E-state index in [-0.39, 0.29) is 18.0 Å². The van der Waals surface area contributed by atoms with E-state index in [9.17, 15) is 9.59 Å². The second-order valence-electron chi connectivity index (χ2n) is 7.47. The predicted molar refractivity (Wildman–Crippen MR) is 131 cm³/mol. The lowest BCUT2D eigenvalue weighted by molar-refractivity contribution is -0.116. The first-order valence-electron chi connectivity index (χ1n) is 10.0. The quantitative estimate of drug-likeness (QED) is 0.385. The average Bonchev–Trinajstić information content (AvgIpc) is 3.13. The Morgan fingerprint density at radius 1 is 1.13 bits per heavy atom. The number of carbonyl (C=O) groups is 1. The molecule has 4 rings (SSSR count). The first kappa shape index (κ1) is 21.5. The number of hydrogen-bond acceptors (Lipinski definition) is 4. The number of aryl methyl sites for hydroxylation is 3. The highest BCUT2D eigenvalue weighted by molar-refractivity contribution is 9.10. The number of anilines is 1. The maximum absolute atomic E-state index is 13.3. The van der Waals surface area contributed by atoms with E-state index >= 15 is 0 Å².